The van der Waals surface area contributed by atoms with E-state index < -0.39 is 0 Å². The standard InChI is InChI=1S/C23H31N3O3/c1-4-19-21(20(5-2)26(24-19)15-17-11-8-7-9-12-17)22(27)25-14-10-13-18(16-25)23(28)29-6-3/h7-9,11-12,18H,4-6,10,13-16H2,1-3H3/t18-/m1/s1. The number of esters is 1. The van der Waals surface area contributed by atoms with E-state index in [2.05, 4.69) is 19.1 Å². The number of hydrogen-bond acceptors (Lipinski definition) is 4. The SMILES string of the molecule is CCOC(=O)[C@@H]1CCCN(C(=O)c2c(CC)nn(Cc3ccccc3)c2CC)C1. The van der Waals surface area contributed by atoms with Crippen LogP contribution in [0, 0.1) is 5.92 Å². The topological polar surface area (TPSA) is 64.4 Å². The molecule has 0 spiro atoms. The van der Waals surface area contributed by atoms with Crippen molar-refractivity contribution in [3.05, 3.63) is 52.8 Å². The van der Waals surface area contributed by atoms with Gasteiger partial charge in [-0.25, -0.2) is 0 Å². The molecule has 1 aromatic heterocycles. The van der Waals surface area contributed by atoms with Crippen LogP contribution in [0.1, 0.15) is 60.9 Å². The highest BCUT2D eigenvalue weighted by Crippen LogP contribution is 2.24. The molecular weight excluding hydrogens is 366 g/mol. The van der Waals surface area contributed by atoms with Crippen LogP contribution < -0.4 is 0 Å². The van der Waals surface area contributed by atoms with E-state index in [1.165, 1.54) is 0 Å². The second kappa shape index (κ2) is 9.72. The molecule has 1 amide bonds. The zero-order chi connectivity index (χ0) is 20.8. The van der Waals surface area contributed by atoms with Gasteiger partial charge in [-0.2, -0.15) is 5.10 Å². The summed E-state index contributed by atoms with van der Waals surface area (Å²) in [6, 6.07) is 10.2. The van der Waals surface area contributed by atoms with Crippen LogP contribution >= 0.6 is 0 Å². The molecule has 0 aliphatic carbocycles. The number of carbonyl (C=O) groups excluding carboxylic acids is 2. The van der Waals surface area contributed by atoms with E-state index in [0.717, 1.165) is 41.8 Å². The van der Waals surface area contributed by atoms with Crippen LogP contribution in [0.25, 0.3) is 0 Å². The minimum atomic E-state index is -0.234. The molecule has 0 bridgehead atoms. The lowest BCUT2D eigenvalue weighted by Crippen LogP contribution is -2.43. The molecule has 1 aliphatic heterocycles. The third-order valence-electron chi connectivity index (χ3n) is 5.52. The molecule has 1 fully saturated rings. The van der Waals surface area contributed by atoms with Crippen molar-refractivity contribution in [2.75, 3.05) is 19.7 Å². The maximum Gasteiger partial charge on any atom is 0.310 e. The molecule has 1 aliphatic rings. The van der Waals surface area contributed by atoms with Gasteiger partial charge in [-0.05, 0) is 38.2 Å². The Morgan fingerprint density at radius 3 is 2.55 bits per heavy atom. The zero-order valence-electron chi connectivity index (χ0n) is 17.7. The smallest absolute Gasteiger partial charge is 0.310 e. The first kappa shape index (κ1) is 21.1. The van der Waals surface area contributed by atoms with Gasteiger partial charge in [0.1, 0.15) is 0 Å². The van der Waals surface area contributed by atoms with E-state index >= 15 is 0 Å². The Labute approximate surface area is 172 Å². The minimum absolute atomic E-state index is 0.00740. The number of benzene rings is 1. The molecule has 2 heterocycles. The maximum absolute atomic E-state index is 13.5. The quantitative estimate of drug-likeness (QED) is 0.671. The number of likely N-dealkylation sites (tertiary alicyclic amines) is 1. The Morgan fingerprint density at radius 2 is 1.90 bits per heavy atom. The fourth-order valence-electron chi connectivity index (χ4n) is 4.06. The Bertz CT molecular complexity index is 845. The largest absolute Gasteiger partial charge is 0.466 e. The Kier molecular flexibility index (Phi) is 7.07. The third-order valence-corrected chi connectivity index (χ3v) is 5.52. The van der Waals surface area contributed by atoms with Gasteiger partial charge in [-0.3, -0.25) is 14.3 Å². The summed E-state index contributed by atoms with van der Waals surface area (Å²) < 4.78 is 7.15. The second-order valence-corrected chi connectivity index (χ2v) is 7.46. The molecular formula is C23H31N3O3. The van der Waals surface area contributed by atoms with Crippen molar-refractivity contribution >= 4 is 11.9 Å². The lowest BCUT2D eigenvalue weighted by Gasteiger charge is -2.31. The molecule has 6 nitrogen and oxygen atoms in total. The predicted octanol–water partition coefficient (Wildman–Crippen LogP) is 3.47. The first-order valence-corrected chi connectivity index (χ1v) is 10.7. The molecule has 0 N–H and O–H groups in total. The minimum Gasteiger partial charge on any atom is -0.466 e. The Hall–Kier alpha value is -2.63. The summed E-state index contributed by atoms with van der Waals surface area (Å²) >= 11 is 0. The fraction of sp³-hybridized carbons (Fsp3) is 0.522. The summed E-state index contributed by atoms with van der Waals surface area (Å²) in [4.78, 5) is 27.5. The summed E-state index contributed by atoms with van der Waals surface area (Å²) in [6.45, 7) is 8.02. The molecule has 3 rings (SSSR count). The first-order chi connectivity index (χ1) is 14.1. The average molecular weight is 398 g/mol. The predicted molar refractivity (Wildman–Crippen MR) is 112 cm³/mol. The molecule has 1 aromatic carbocycles. The Balaban J connectivity index is 1.86. The van der Waals surface area contributed by atoms with Crippen LogP contribution in [0.2, 0.25) is 0 Å². The fourth-order valence-corrected chi connectivity index (χ4v) is 4.06. The van der Waals surface area contributed by atoms with Crippen molar-refractivity contribution in [2.24, 2.45) is 5.92 Å². The van der Waals surface area contributed by atoms with Crippen LogP contribution in [0.3, 0.4) is 0 Å². The normalized spacial score (nSPS) is 16.7. The van der Waals surface area contributed by atoms with Gasteiger partial charge in [0.05, 0.1) is 36.0 Å². The van der Waals surface area contributed by atoms with Crippen molar-refractivity contribution in [3.8, 4) is 0 Å². The number of carbonyl (C=O) groups is 2. The van der Waals surface area contributed by atoms with Gasteiger partial charge in [0, 0.05) is 13.1 Å². The van der Waals surface area contributed by atoms with Gasteiger partial charge in [-0.1, -0.05) is 44.2 Å². The van der Waals surface area contributed by atoms with E-state index in [1.807, 2.05) is 41.6 Å². The highest BCUT2D eigenvalue weighted by Gasteiger charge is 2.32. The monoisotopic (exact) mass is 397 g/mol. The number of nitrogens with zero attached hydrogens (tertiary/aromatic N) is 3. The highest BCUT2D eigenvalue weighted by molar-refractivity contribution is 5.97. The molecule has 6 heteroatoms. The van der Waals surface area contributed by atoms with Gasteiger partial charge in [0.15, 0.2) is 0 Å². The van der Waals surface area contributed by atoms with Crippen LogP contribution in [-0.2, 0) is 28.9 Å². The molecule has 1 atom stereocenters. The van der Waals surface area contributed by atoms with Gasteiger partial charge in [-0.15, -0.1) is 0 Å². The summed E-state index contributed by atoms with van der Waals surface area (Å²) in [6.07, 6.45) is 3.02. The molecule has 0 unspecified atom stereocenters. The van der Waals surface area contributed by atoms with E-state index in [-0.39, 0.29) is 17.8 Å². The van der Waals surface area contributed by atoms with Crippen LogP contribution in [-0.4, -0.2) is 46.3 Å². The molecule has 2 aromatic rings. The van der Waals surface area contributed by atoms with E-state index in [9.17, 15) is 9.59 Å². The molecule has 1 saturated heterocycles. The number of hydrogen-bond donors (Lipinski definition) is 0. The lowest BCUT2D eigenvalue weighted by molar-refractivity contribution is -0.149. The van der Waals surface area contributed by atoms with Crippen LogP contribution in [0.5, 0.6) is 0 Å². The maximum atomic E-state index is 13.5. The van der Waals surface area contributed by atoms with Crippen molar-refractivity contribution in [1.82, 2.24) is 14.7 Å². The van der Waals surface area contributed by atoms with Crippen LogP contribution in [0.4, 0.5) is 0 Å². The van der Waals surface area contributed by atoms with Crippen molar-refractivity contribution < 1.29 is 14.3 Å². The third kappa shape index (κ3) is 4.69. The first-order valence-electron chi connectivity index (χ1n) is 10.7. The van der Waals surface area contributed by atoms with Gasteiger partial charge < -0.3 is 9.64 Å². The average Bonchev–Trinajstić information content (AvgIpc) is 3.11. The van der Waals surface area contributed by atoms with E-state index in [1.54, 1.807) is 0 Å². The molecule has 0 radical (unpaired) electrons. The number of rotatable bonds is 7. The van der Waals surface area contributed by atoms with Gasteiger partial charge in [0.25, 0.3) is 5.91 Å². The van der Waals surface area contributed by atoms with Gasteiger partial charge in [0.2, 0.25) is 0 Å². The molecule has 29 heavy (non-hydrogen) atoms. The summed E-state index contributed by atoms with van der Waals surface area (Å²) in [5.74, 6) is -0.439. The van der Waals surface area contributed by atoms with Gasteiger partial charge >= 0.3 is 5.97 Å². The summed E-state index contributed by atoms with van der Waals surface area (Å²) in [5, 5.41) is 4.77. The lowest BCUT2D eigenvalue weighted by atomic mass is 9.97. The number of amides is 1. The number of aromatic nitrogens is 2. The Morgan fingerprint density at radius 1 is 1.14 bits per heavy atom. The number of ether oxygens (including phenoxy) is 1. The highest BCUT2D eigenvalue weighted by atomic mass is 16.5. The summed E-state index contributed by atoms with van der Waals surface area (Å²) in [7, 11) is 0. The molecule has 0 saturated carbocycles. The van der Waals surface area contributed by atoms with Crippen LogP contribution in [0.15, 0.2) is 30.3 Å². The van der Waals surface area contributed by atoms with Crippen molar-refractivity contribution in [3.63, 3.8) is 0 Å². The van der Waals surface area contributed by atoms with E-state index in [0.29, 0.717) is 32.7 Å². The van der Waals surface area contributed by atoms with Crippen molar-refractivity contribution in [1.29, 1.82) is 0 Å². The zero-order valence-corrected chi connectivity index (χ0v) is 17.7. The number of piperidine rings is 1. The van der Waals surface area contributed by atoms with Crippen molar-refractivity contribution in [2.45, 2.75) is 53.0 Å². The summed E-state index contributed by atoms with van der Waals surface area (Å²) in [5.41, 5.74) is 3.68. The number of aryl methyl sites for hydroxylation is 1. The second-order valence-electron chi connectivity index (χ2n) is 7.46. The van der Waals surface area contributed by atoms with E-state index in [4.69, 9.17) is 9.84 Å². The molecule has 156 valence electrons.